The lowest BCUT2D eigenvalue weighted by atomic mass is 10.1. The maximum Gasteiger partial charge on any atom is 0.205 e. The molecule has 0 aliphatic rings. The fraction of sp³-hybridized carbons (Fsp3) is 0.0667. The van der Waals surface area contributed by atoms with E-state index in [2.05, 4.69) is 15.4 Å². The number of halogens is 3. The van der Waals surface area contributed by atoms with Crippen LogP contribution >= 0.6 is 34.8 Å². The molecule has 0 fully saturated rings. The Morgan fingerprint density at radius 1 is 0.957 bits per heavy atom. The molecule has 23 heavy (non-hydrogen) atoms. The number of tetrazole rings is 1. The van der Waals surface area contributed by atoms with Crippen LogP contribution in [0.25, 0.3) is 11.4 Å². The van der Waals surface area contributed by atoms with Crippen LogP contribution in [-0.2, 0) is 6.54 Å². The lowest BCUT2D eigenvalue weighted by Gasteiger charge is -2.00. The molecule has 8 heteroatoms. The van der Waals surface area contributed by atoms with Crippen molar-refractivity contribution in [3.63, 3.8) is 0 Å². The average Bonchev–Trinajstić information content (AvgIpc) is 2.95. The zero-order valence-corrected chi connectivity index (χ0v) is 13.8. The molecule has 1 aromatic heterocycles. The summed E-state index contributed by atoms with van der Waals surface area (Å²) in [4.78, 5) is 13.4. The van der Waals surface area contributed by atoms with Crippen LogP contribution in [0.5, 0.6) is 0 Å². The van der Waals surface area contributed by atoms with Crippen LogP contribution in [-0.4, -0.2) is 26.0 Å². The van der Waals surface area contributed by atoms with E-state index in [0.29, 0.717) is 32.0 Å². The molecule has 0 radical (unpaired) electrons. The van der Waals surface area contributed by atoms with E-state index in [1.807, 2.05) is 0 Å². The number of aromatic nitrogens is 4. The molecular formula is C15H9Cl3N4O. The number of hydrogen-bond donors (Lipinski definition) is 0. The molecular weight excluding hydrogens is 359 g/mol. The predicted molar refractivity (Wildman–Crippen MR) is 89.1 cm³/mol. The van der Waals surface area contributed by atoms with Gasteiger partial charge in [0, 0.05) is 26.2 Å². The number of nitrogens with zero attached hydrogens (tertiary/aromatic N) is 4. The smallest absolute Gasteiger partial charge is 0.205 e. The van der Waals surface area contributed by atoms with Gasteiger partial charge in [0.1, 0.15) is 6.54 Å². The van der Waals surface area contributed by atoms with E-state index in [1.54, 1.807) is 42.5 Å². The second kappa shape index (κ2) is 6.66. The van der Waals surface area contributed by atoms with Crippen molar-refractivity contribution in [3.8, 4) is 11.4 Å². The number of hydrogen-bond acceptors (Lipinski definition) is 4. The van der Waals surface area contributed by atoms with Crippen molar-refractivity contribution in [1.29, 1.82) is 0 Å². The maximum atomic E-state index is 12.2. The molecule has 0 saturated carbocycles. The van der Waals surface area contributed by atoms with Gasteiger partial charge in [-0.25, -0.2) is 0 Å². The molecule has 5 nitrogen and oxygen atoms in total. The molecule has 0 spiro atoms. The van der Waals surface area contributed by atoms with E-state index >= 15 is 0 Å². The highest BCUT2D eigenvalue weighted by atomic mass is 35.5. The third-order valence-electron chi connectivity index (χ3n) is 3.02. The van der Waals surface area contributed by atoms with Crippen LogP contribution in [0.2, 0.25) is 15.1 Å². The van der Waals surface area contributed by atoms with Crippen molar-refractivity contribution in [1.82, 2.24) is 20.2 Å². The third-order valence-corrected chi connectivity index (χ3v) is 3.71. The van der Waals surface area contributed by atoms with Crippen LogP contribution in [0.4, 0.5) is 0 Å². The van der Waals surface area contributed by atoms with Crippen molar-refractivity contribution in [2.75, 3.05) is 0 Å². The van der Waals surface area contributed by atoms with Gasteiger partial charge in [-0.1, -0.05) is 34.8 Å². The third kappa shape index (κ3) is 3.88. The van der Waals surface area contributed by atoms with E-state index in [0.717, 1.165) is 0 Å². The molecule has 116 valence electrons. The lowest BCUT2D eigenvalue weighted by molar-refractivity contribution is 0.0961. The van der Waals surface area contributed by atoms with Gasteiger partial charge in [-0.3, -0.25) is 4.79 Å². The Morgan fingerprint density at radius 2 is 1.61 bits per heavy atom. The highest BCUT2D eigenvalue weighted by Crippen LogP contribution is 2.24. The highest BCUT2D eigenvalue weighted by Gasteiger charge is 2.12. The molecule has 0 atom stereocenters. The summed E-state index contributed by atoms with van der Waals surface area (Å²) in [6.07, 6.45) is 0. The highest BCUT2D eigenvalue weighted by molar-refractivity contribution is 6.35. The topological polar surface area (TPSA) is 60.7 Å². The molecule has 0 amide bonds. The van der Waals surface area contributed by atoms with E-state index in [1.165, 1.54) is 4.80 Å². The van der Waals surface area contributed by atoms with Gasteiger partial charge in [-0.05, 0) is 47.7 Å². The molecule has 0 saturated heterocycles. The summed E-state index contributed by atoms with van der Waals surface area (Å²) in [5.74, 6) is 0.202. The molecule has 1 heterocycles. The summed E-state index contributed by atoms with van der Waals surface area (Å²) in [5.41, 5.74) is 1.16. The summed E-state index contributed by atoms with van der Waals surface area (Å²) in [5, 5.41) is 13.5. The predicted octanol–water partition coefficient (Wildman–Crippen LogP) is 4.18. The van der Waals surface area contributed by atoms with Crippen molar-refractivity contribution < 1.29 is 4.79 Å². The van der Waals surface area contributed by atoms with Gasteiger partial charge in [-0.15, -0.1) is 10.2 Å². The zero-order chi connectivity index (χ0) is 16.4. The monoisotopic (exact) mass is 366 g/mol. The van der Waals surface area contributed by atoms with Crippen molar-refractivity contribution in [2.24, 2.45) is 0 Å². The van der Waals surface area contributed by atoms with E-state index in [9.17, 15) is 4.79 Å². The number of ketones is 1. The second-order valence-corrected chi connectivity index (χ2v) is 6.04. The van der Waals surface area contributed by atoms with Crippen LogP contribution in [0, 0.1) is 0 Å². The lowest BCUT2D eigenvalue weighted by Crippen LogP contribution is -2.13. The first kappa shape index (κ1) is 15.9. The Morgan fingerprint density at radius 3 is 2.26 bits per heavy atom. The van der Waals surface area contributed by atoms with Crippen molar-refractivity contribution >= 4 is 40.6 Å². The van der Waals surface area contributed by atoms with Gasteiger partial charge in [-0.2, -0.15) is 4.80 Å². The van der Waals surface area contributed by atoms with E-state index in [-0.39, 0.29) is 12.3 Å². The average molecular weight is 368 g/mol. The van der Waals surface area contributed by atoms with Crippen molar-refractivity contribution in [2.45, 2.75) is 6.54 Å². The molecule has 0 aliphatic heterocycles. The van der Waals surface area contributed by atoms with Gasteiger partial charge < -0.3 is 0 Å². The van der Waals surface area contributed by atoms with Crippen LogP contribution in [0.1, 0.15) is 10.4 Å². The first-order valence-electron chi connectivity index (χ1n) is 6.54. The first-order valence-corrected chi connectivity index (χ1v) is 7.68. The number of Topliss-reactive ketones (excluding diaryl/α,β-unsaturated/α-hetero) is 1. The van der Waals surface area contributed by atoms with Gasteiger partial charge in [0.2, 0.25) is 5.82 Å². The fourth-order valence-corrected chi connectivity index (χ4v) is 2.62. The van der Waals surface area contributed by atoms with E-state index < -0.39 is 0 Å². The largest absolute Gasteiger partial charge is 0.292 e. The summed E-state index contributed by atoms with van der Waals surface area (Å²) in [6, 6.07) is 11.6. The second-order valence-electron chi connectivity index (χ2n) is 4.73. The van der Waals surface area contributed by atoms with Crippen LogP contribution in [0.15, 0.2) is 42.5 Å². The van der Waals surface area contributed by atoms with Gasteiger partial charge in [0.25, 0.3) is 0 Å². The Hall–Kier alpha value is -1.95. The molecule has 0 bridgehead atoms. The molecule has 3 aromatic rings. The SMILES string of the molecule is O=C(Cn1nnc(-c2cc(Cl)cc(Cl)c2)n1)c1ccc(Cl)cc1. The van der Waals surface area contributed by atoms with E-state index in [4.69, 9.17) is 34.8 Å². The number of benzene rings is 2. The molecule has 0 N–H and O–H groups in total. The summed E-state index contributed by atoms with van der Waals surface area (Å²) in [6.45, 7) is -0.0249. The summed E-state index contributed by atoms with van der Waals surface area (Å²) in [7, 11) is 0. The molecule has 0 unspecified atom stereocenters. The maximum absolute atomic E-state index is 12.2. The Labute approximate surface area is 146 Å². The Kier molecular flexibility index (Phi) is 4.61. The quantitative estimate of drug-likeness (QED) is 0.649. The van der Waals surface area contributed by atoms with Gasteiger partial charge in [0.05, 0.1) is 0 Å². The summed E-state index contributed by atoms with van der Waals surface area (Å²) < 4.78 is 0. The standard InChI is InChI=1S/C15H9Cl3N4O/c16-11-3-1-9(2-4-11)14(23)8-22-20-15(19-21-22)10-5-12(17)7-13(18)6-10/h1-7H,8H2. The van der Waals surface area contributed by atoms with Crippen LogP contribution < -0.4 is 0 Å². The zero-order valence-electron chi connectivity index (χ0n) is 11.6. The number of carbonyl (C=O) groups excluding carboxylic acids is 1. The minimum atomic E-state index is -0.144. The van der Waals surface area contributed by atoms with Gasteiger partial charge in [0.15, 0.2) is 5.78 Å². The van der Waals surface area contributed by atoms with Gasteiger partial charge >= 0.3 is 0 Å². The molecule has 0 aliphatic carbocycles. The number of carbonyl (C=O) groups is 1. The Balaban J connectivity index is 1.79. The summed E-state index contributed by atoms with van der Waals surface area (Å²) >= 11 is 17.7. The van der Waals surface area contributed by atoms with Crippen molar-refractivity contribution in [3.05, 3.63) is 63.1 Å². The normalized spacial score (nSPS) is 10.7. The molecule has 3 rings (SSSR count). The number of rotatable bonds is 4. The fourth-order valence-electron chi connectivity index (χ4n) is 1.96. The van der Waals surface area contributed by atoms with Crippen LogP contribution in [0.3, 0.4) is 0 Å². The molecule has 2 aromatic carbocycles. The minimum Gasteiger partial charge on any atom is -0.292 e. The minimum absolute atomic E-state index is 0.0249. The first-order chi connectivity index (χ1) is 11.0. The Bertz CT molecular complexity index is 841.